The molecular formula is C16H27ClN2O4. The molecule has 1 rings (SSSR count). The van der Waals surface area contributed by atoms with Crippen molar-refractivity contribution >= 4 is 18.3 Å². The van der Waals surface area contributed by atoms with Gasteiger partial charge in [-0.3, -0.25) is 4.79 Å². The molecule has 1 unspecified atom stereocenters. The van der Waals surface area contributed by atoms with Crippen LogP contribution in [0.2, 0.25) is 0 Å². The van der Waals surface area contributed by atoms with E-state index in [1.165, 1.54) is 7.11 Å². The second-order valence-corrected chi connectivity index (χ2v) is 4.65. The summed E-state index contributed by atoms with van der Waals surface area (Å²) in [6, 6.07) is 5.80. The summed E-state index contributed by atoms with van der Waals surface area (Å²) in [5.41, 5.74) is 6.51. The van der Waals surface area contributed by atoms with Crippen molar-refractivity contribution in [2.24, 2.45) is 5.73 Å². The van der Waals surface area contributed by atoms with Gasteiger partial charge < -0.3 is 25.3 Å². The number of hydrogen-bond donors (Lipinski definition) is 2. The molecule has 0 fully saturated rings. The first-order valence-electron chi connectivity index (χ1n) is 7.55. The number of methoxy groups -OCH3 is 1. The van der Waals surface area contributed by atoms with Gasteiger partial charge in [0, 0.05) is 20.2 Å². The number of halogens is 1. The Morgan fingerprint density at radius 2 is 1.87 bits per heavy atom. The van der Waals surface area contributed by atoms with Crippen molar-refractivity contribution < 1.29 is 19.0 Å². The lowest BCUT2D eigenvalue weighted by atomic mass is 10.1. The van der Waals surface area contributed by atoms with Gasteiger partial charge in [0.2, 0.25) is 5.91 Å². The van der Waals surface area contributed by atoms with Crippen LogP contribution in [-0.4, -0.2) is 45.4 Å². The molecule has 0 saturated carbocycles. The zero-order valence-electron chi connectivity index (χ0n) is 14.0. The van der Waals surface area contributed by atoms with E-state index in [0.29, 0.717) is 26.2 Å². The molecule has 23 heavy (non-hydrogen) atoms. The molecule has 0 aliphatic carbocycles. The summed E-state index contributed by atoms with van der Waals surface area (Å²) in [5.74, 6) is 1.27. The number of hydrogen-bond acceptors (Lipinski definition) is 5. The molecule has 0 aliphatic rings. The van der Waals surface area contributed by atoms with E-state index in [9.17, 15) is 4.79 Å². The lowest BCUT2D eigenvalue weighted by Gasteiger charge is -2.14. The predicted octanol–water partition coefficient (Wildman–Crippen LogP) is 1.54. The van der Waals surface area contributed by atoms with Crippen molar-refractivity contribution in [1.82, 2.24) is 5.32 Å². The number of benzene rings is 1. The van der Waals surface area contributed by atoms with Gasteiger partial charge in [-0.05, 0) is 38.0 Å². The van der Waals surface area contributed by atoms with E-state index in [0.717, 1.165) is 17.1 Å². The van der Waals surface area contributed by atoms with Crippen molar-refractivity contribution in [2.75, 3.05) is 33.4 Å². The summed E-state index contributed by atoms with van der Waals surface area (Å²) in [6.45, 7) is 5.71. The van der Waals surface area contributed by atoms with E-state index in [-0.39, 0.29) is 24.9 Å². The van der Waals surface area contributed by atoms with E-state index in [1.807, 2.05) is 32.0 Å². The molecule has 1 atom stereocenters. The highest BCUT2D eigenvalue weighted by Crippen LogP contribution is 2.28. The third-order valence-corrected chi connectivity index (χ3v) is 3.11. The number of nitrogens with one attached hydrogen (secondary N) is 1. The molecule has 0 aromatic heterocycles. The molecular weight excluding hydrogens is 320 g/mol. The molecule has 0 bridgehead atoms. The number of amides is 1. The lowest BCUT2D eigenvalue weighted by Crippen LogP contribution is -2.41. The minimum Gasteiger partial charge on any atom is -0.490 e. The third-order valence-electron chi connectivity index (χ3n) is 3.11. The molecule has 1 aromatic carbocycles. The van der Waals surface area contributed by atoms with E-state index in [2.05, 4.69) is 5.32 Å². The molecule has 6 nitrogen and oxygen atoms in total. The van der Waals surface area contributed by atoms with Crippen LogP contribution in [-0.2, 0) is 16.0 Å². The standard InChI is InChI=1S/C16H26N2O4.ClH/c1-4-21-13-7-6-12(10-14(13)22-5-2)8-9-18-16(19)15(11-17)20-3;/h6-7,10,15H,4-5,8-9,11,17H2,1-3H3,(H,18,19);1H. The van der Waals surface area contributed by atoms with Crippen molar-refractivity contribution in [1.29, 1.82) is 0 Å². The van der Waals surface area contributed by atoms with Crippen LogP contribution >= 0.6 is 12.4 Å². The smallest absolute Gasteiger partial charge is 0.250 e. The summed E-state index contributed by atoms with van der Waals surface area (Å²) < 4.78 is 16.1. The SMILES string of the molecule is CCOc1ccc(CCNC(=O)C(CN)OC)cc1OCC.Cl. The Morgan fingerprint density at radius 3 is 2.43 bits per heavy atom. The molecule has 7 heteroatoms. The molecule has 3 N–H and O–H groups in total. The molecule has 0 spiro atoms. The van der Waals surface area contributed by atoms with Crippen molar-refractivity contribution in [2.45, 2.75) is 26.4 Å². The first kappa shape index (κ1) is 21.5. The number of ether oxygens (including phenoxy) is 3. The minimum absolute atomic E-state index is 0. The van der Waals surface area contributed by atoms with Crippen LogP contribution in [0.25, 0.3) is 0 Å². The van der Waals surface area contributed by atoms with Crippen LogP contribution in [0.4, 0.5) is 0 Å². The van der Waals surface area contributed by atoms with Gasteiger partial charge >= 0.3 is 0 Å². The maximum Gasteiger partial charge on any atom is 0.250 e. The van der Waals surface area contributed by atoms with Crippen LogP contribution in [0.15, 0.2) is 18.2 Å². The van der Waals surface area contributed by atoms with Crippen molar-refractivity contribution in [3.8, 4) is 11.5 Å². The molecule has 0 radical (unpaired) electrons. The van der Waals surface area contributed by atoms with E-state index < -0.39 is 6.10 Å². The number of nitrogens with two attached hydrogens (primary N) is 1. The van der Waals surface area contributed by atoms with Gasteiger partial charge in [0.15, 0.2) is 11.5 Å². The number of carbonyl (C=O) groups excluding carboxylic acids is 1. The van der Waals surface area contributed by atoms with Gasteiger partial charge in [0.05, 0.1) is 13.2 Å². The lowest BCUT2D eigenvalue weighted by molar-refractivity contribution is -0.130. The second-order valence-electron chi connectivity index (χ2n) is 4.65. The minimum atomic E-state index is -0.598. The summed E-state index contributed by atoms with van der Waals surface area (Å²) >= 11 is 0. The maximum absolute atomic E-state index is 11.7. The van der Waals surface area contributed by atoms with Gasteiger partial charge in [-0.25, -0.2) is 0 Å². The van der Waals surface area contributed by atoms with Crippen LogP contribution in [0.1, 0.15) is 19.4 Å². The van der Waals surface area contributed by atoms with Crippen molar-refractivity contribution in [3.05, 3.63) is 23.8 Å². The first-order chi connectivity index (χ1) is 10.7. The molecule has 1 aromatic rings. The first-order valence-corrected chi connectivity index (χ1v) is 7.55. The average Bonchev–Trinajstić information content (AvgIpc) is 2.51. The molecule has 0 aliphatic heterocycles. The largest absolute Gasteiger partial charge is 0.490 e. The van der Waals surface area contributed by atoms with E-state index in [4.69, 9.17) is 19.9 Å². The highest BCUT2D eigenvalue weighted by Gasteiger charge is 2.14. The monoisotopic (exact) mass is 346 g/mol. The van der Waals surface area contributed by atoms with Crippen LogP contribution in [0, 0.1) is 0 Å². The Balaban J connectivity index is 0.00000484. The van der Waals surface area contributed by atoms with Crippen LogP contribution in [0.5, 0.6) is 11.5 Å². The highest BCUT2D eigenvalue weighted by atomic mass is 35.5. The van der Waals surface area contributed by atoms with Crippen LogP contribution < -0.4 is 20.5 Å². The van der Waals surface area contributed by atoms with Gasteiger partial charge in [-0.15, -0.1) is 12.4 Å². The maximum atomic E-state index is 11.7. The molecule has 0 heterocycles. The molecule has 0 saturated heterocycles. The van der Waals surface area contributed by atoms with Gasteiger partial charge in [-0.2, -0.15) is 0 Å². The molecule has 1 amide bonds. The van der Waals surface area contributed by atoms with Gasteiger partial charge in [0.1, 0.15) is 6.10 Å². The van der Waals surface area contributed by atoms with Gasteiger partial charge in [0.25, 0.3) is 0 Å². The zero-order valence-corrected chi connectivity index (χ0v) is 14.8. The quantitative estimate of drug-likeness (QED) is 0.671. The number of rotatable bonds is 10. The Hall–Kier alpha value is -1.50. The fourth-order valence-electron chi connectivity index (χ4n) is 2.01. The fraction of sp³-hybridized carbons (Fsp3) is 0.562. The second kappa shape index (κ2) is 12.0. The molecule has 132 valence electrons. The number of carbonyl (C=O) groups is 1. The summed E-state index contributed by atoms with van der Waals surface area (Å²) in [4.78, 5) is 11.7. The Bertz CT molecular complexity index is 467. The Labute approximate surface area is 144 Å². The Morgan fingerprint density at radius 1 is 1.22 bits per heavy atom. The van der Waals surface area contributed by atoms with Crippen molar-refractivity contribution in [3.63, 3.8) is 0 Å². The highest BCUT2D eigenvalue weighted by molar-refractivity contribution is 5.85. The fourth-order valence-corrected chi connectivity index (χ4v) is 2.01. The predicted molar refractivity (Wildman–Crippen MR) is 92.6 cm³/mol. The van der Waals surface area contributed by atoms with Gasteiger partial charge in [-0.1, -0.05) is 6.07 Å². The topological polar surface area (TPSA) is 82.8 Å². The summed E-state index contributed by atoms with van der Waals surface area (Å²) in [6.07, 6.45) is 0.0958. The van der Waals surface area contributed by atoms with E-state index in [1.54, 1.807) is 0 Å². The summed E-state index contributed by atoms with van der Waals surface area (Å²) in [7, 11) is 1.47. The Kier molecular flexibility index (Phi) is 11.2. The van der Waals surface area contributed by atoms with Crippen LogP contribution in [0.3, 0.4) is 0 Å². The third kappa shape index (κ3) is 7.07. The van der Waals surface area contributed by atoms with E-state index >= 15 is 0 Å². The average molecular weight is 347 g/mol. The zero-order chi connectivity index (χ0) is 16.4. The summed E-state index contributed by atoms with van der Waals surface area (Å²) in [5, 5.41) is 2.81. The normalized spacial score (nSPS) is 11.3.